The van der Waals surface area contributed by atoms with Crippen LogP contribution in [0.15, 0.2) is 24.3 Å². The molecule has 0 bridgehead atoms. The Kier molecular flexibility index (Phi) is 5.14. The van der Waals surface area contributed by atoms with Gasteiger partial charge < -0.3 is 14.5 Å². The number of esters is 1. The Morgan fingerprint density at radius 2 is 2.17 bits per heavy atom. The van der Waals surface area contributed by atoms with E-state index in [1.807, 2.05) is 0 Å². The Hall–Kier alpha value is -2.65. The second-order valence-electron chi connectivity index (χ2n) is 4.77. The predicted molar refractivity (Wildman–Crippen MR) is 89.0 cm³/mol. The molecule has 1 heterocycles. The Labute approximate surface area is 139 Å². The zero-order valence-corrected chi connectivity index (χ0v) is 13.9. The molecule has 1 aromatic carbocycles. The normalized spacial score (nSPS) is 10.0. The first-order valence-corrected chi connectivity index (χ1v) is 7.42. The Morgan fingerprint density at radius 3 is 2.78 bits per heavy atom. The summed E-state index contributed by atoms with van der Waals surface area (Å²) in [5.74, 6) is 0.128. The molecule has 0 amide bonds. The lowest BCUT2D eigenvalue weighted by Gasteiger charge is -2.14. The molecule has 23 heavy (non-hydrogen) atoms. The highest BCUT2D eigenvalue weighted by Crippen LogP contribution is 2.32. The number of aromatic amines is 1. The average Bonchev–Trinajstić information content (AvgIpc) is 2.54. The van der Waals surface area contributed by atoms with E-state index in [2.05, 4.69) is 11.1 Å². The molecule has 0 saturated heterocycles. The van der Waals surface area contributed by atoms with E-state index in [1.54, 1.807) is 45.2 Å². The molecule has 5 nitrogen and oxygen atoms in total. The topological polar surface area (TPSA) is 75.1 Å². The third-order valence-corrected chi connectivity index (χ3v) is 3.66. The van der Waals surface area contributed by atoms with Gasteiger partial charge in [0.05, 0.1) is 24.8 Å². The van der Waals surface area contributed by atoms with Gasteiger partial charge in [-0.2, -0.15) is 5.26 Å². The monoisotopic (exact) mass is 328 g/mol. The van der Waals surface area contributed by atoms with E-state index in [9.17, 15) is 10.1 Å². The summed E-state index contributed by atoms with van der Waals surface area (Å²) in [7, 11) is 1.55. The molecular weight excluding hydrogens is 312 g/mol. The summed E-state index contributed by atoms with van der Waals surface area (Å²) in [4.78, 5) is 15.3. The van der Waals surface area contributed by atoms with Crippen LogP contribution in [0.3, 0.4) is 0 Å². The molecular formula is C17H16N2O3S. The number of carbonyl (C=O) groups is 1. The number of nitrogens with one attached hydrogen (secondary N) is 1. The minimum atomic E-state index is -0.495. The first-order valence-electron chi connectivity index (χ1n) is 7.02. The number of benzene rings is 1. The number of aryl methyl sites for hydroxylation is 1. The maximum absolute atomic E-state index is 12.4. The lowest BCUT2D eigenvalue weighted by Crippen LogP contribution is -2.12. The predicted octanol–water partition coefficient (Wildman–Crippen LogP) is 3.78. The Morgan fingerprint density at radius 1 is 1.43 bits per heavy atom. The number of rotatable bonds is 4. The molecule has 0 unspecified atom stereocenters. The van der Waals surface area contributed by atoms with Crippen LogP contribution < -0.4 is 4.74 Å². The van der Waals surface area contributed by atoms with Crippen LogP contribution in [0.5, 0.6) is 5.75 Å². The maximum Gasteiger partial charge on any atom is 0.340 e. The van der Waals surface area contributed by atoms with Crippen molar-refractivity contribution in [1.82, 2.24) is 4.98 Å². The fraction of sp³-hybridized carbons (Fsp3) is 0.235. The number of nitriles is 1. The van der Waals surface area contributed by atoms with Gasteiger partial charge in [-0.1, -0.05) is 24.4 Å². The zero-order chi connectivity index (χ0) is 17.0. The number of carbonyl (C=O) groups excluding carboxylic acids is 1. The van der Waals surface area contributed by atoms with Gasteiger partial charge in [0.1, 0.15) is 16.5 Å². The van der Waals surface area contributed by atoms with Gasteiger partial charge in [-0.3, -0.25) is 0 Å². The van der Waals surface area contributed by atoms with Crippen molar-refractivity contribution in [2.24, 2.45) is 0 Å². The molecule has 0 saturated carbocycles. The fourth-order valence-corrected chi connectivity index (χ4v) is 2.65. The molecule has 0 atom stereocenters. The molecule has 0 fully saturated rings. The third-order valence-electron chi connectivity index (χ3n) is 3.35. The van der Waals surface area contributed by atoms with Crippen LogP contribution >= 0.6 is 12.2 Å². The number of nitrogens with zero attached hydrogens (tertiary/aromatic N) is 1. The SMILES string of the molecule is CCOC(=O)c1c(C)[nH]c(=S)c(C#N)c1-c1cccc(OC)c1. The Bertz CT molecular complexity index is 850. The summed E-state index contributed by atoms with van der Waals surface area (Å²) in [6.07, 6.45) is 0. The molecule has 1 N–H and O–H groups in total. The van der Waals surface area contributed by atoms with E-state index in [0.717, 1.165) is 0 Å². The smallest absolute Gasteiger partial charge is 0.340 e. The lowest BCUT2D eigenvalue weighted by molar-refractivity contribution is 0.0526. The largest absolute Gasteiger partial charge is 0.497 e. The highest BCUT2D eigenvalue weighted by Gasteiger charge is 2.22. The summed E-state index contributed by atoms with van der Waals surface area (Å²) in [6, 6.07) is 9.22. The highest BCUT2D eigenvalue weighted by atomic mass is 32.1. The molecule has 2 rings (SSSR count). The third kappa shape index (κ3) is 3.25. The van der Waals surface area contributed by atoms with Crippen molar-refractivity contribution in [2.75, 3.05) is 13.7 Å². The Balaban J connectivity index is 2.85. The second kappa shape index (κ2) is 7.07. The standard InChI is InChI=1S/C17H16N2O3S/c1-4-22-17(20)14-10(2)19-16(23)13(9-18)15(14)11-6-5-7-12(8-11)21-3/h5-8H,4H2,1-3H3,(H,19,23). The van der Waals surface area contributed by atoms with Gasteiger partial charge in [-0.15, -0.1) is 0 Å². The van der Waals surface area contributed by atoms with Gasteiger partial charge >= 0.3 is 5.97 Å². The van der Waals surface area contributed by atoms with E-state index in [-0.39, 0.29) is 16.8 Å². The van der Waals surface area contributed by atoms with Crippen molar-refractivity contribution in [1.29, 1.82) is 5.26 Å². The minimum Gasteiger partial charge on any atom is -0.497 e. The molecule has 0 aliphatic carbocycles. The van der Waals surface area contributed by atoms with Gasteiger partial charge in [0.25, 0.3) is 0 Å². The molecule has 6 heteroatoms. The summed E-state index contributed by atoms with van der Waals surface area (Å²) in [6.45, 7) is 3.70. The summed E-state index contributed by atoms with van der Waals surface area (Å²) in [5, 5.41) is 9.49. The molecule has 0 spiro atoms. The number of ether oxygens (including phenoxy) is 2. The highest BCUT2D eigenvalue weighted by molar-refractivity contribution is 7.71. The van der Waals surface area contributed by atoms with Crippen molar-refractivity contribution >= 4 is 18.2 Å². The number of hydrogen-bond donors (Lipinski definition) is 1. The van der Waals surface area contributed by atoms with Gasteiger partial charge in [0.2, 0.25) is 0 Å². The van der Waals surface area contributed by atoms with E-state index in [0.29, 0.717) is 28.1 Å². The second-order valence-corrected chi connectivity index (χ2v) is 5.18. The van der Waals surface area contributed by atoms with Crippen LogP contribution in [0.2, 0.25) is 0 Å². The van der Waals surface area contributed by atoms with E-state index >= 15 is 0 Å². The van der Waals surface area contributed by atoms with Crippen LogP contribution in [-0.2, 0) is 4.74 Å². The average molecular weight is 328 g/mol. The first kappa shape index (κ1) is 16.7. The molecule has 0 radical (unpaired) electrons. The van der Waals surface area contributed by atoms with Crippen molar-refractivity contribution in [3.05, 3.63) is 45.7 Å². The molecule has 0 aliphatic heterocycles. The number of pyridine rings is 1. The molecule has 1 aromatic heterocycles. The van der Waals surface area contributed by atoms with Gasteiger partial charge in [0, 0.05) is 11.3 Å². The number of hydrogen-bond acceptors (Lipinski definition) is 5. The van der Waals surface area contributed by atoms with Crippen LogP contribution in [0.4, 0.5) is 0 Å². The van der Waals surface area contributed by atoms with Crippen molar-refractivity contribution < 1.29 is 14.3 Å². The van der Waals surface area contributed by atoms with Crippen LogP contribution in [-0.4, -0.2) is 24.7 Å². The number of H-pyrrole nitrogens is 1. The van der Waals surface area contributed by atoms with Crippen molar-refractivity contribution in [3.8, 4) is 22.9 Å². The van der Waals surface area contributed by atoms with Crippen molar-refractivity contribution in [3.63, 3.8) is 0 Å². The number of aromatic nitrogens is 1. The molecule has 0 aliphatic rings. The van der Waals surface area contributed by atoms with Crippen molar-refractivity contribution in [2.45, 2.75) is 13.8 Å². The molecule has 118 valence electrons. The van der Waals surface area contributed by atoms with Crippen LogP contribution in [0.1, 0.15) is 28.5 Å². The van der Waals surface area contributed by atoms with Gasteiger partial charge in [0.15, 0.2) is 0 Å². The van der Waals surface area contributed by atoms with E-state index in [4.69, 9.17) is 21.7 Å². The van der Waals surface area contributed by atoms with E-state index < -0.39 is 5.97 Å². The van der Waals surface area contributed by atoms with Crippen LogP contribution in [0, 0.1) is 22.9 Å². The van der Waals surface area contributed by atoms with Crippen LogP contribution in [0.25, 0.3) is 11.1 Å². The van der Waals surface area contributed by atoms with Gasteiger partial charge in [-0.25, -0.2) is 4.79 Å². The quantitative estimate of drug-likeness (QED) is 0.683. The van der Waals surface area contributed by atoms with E-state index in [1.165, 1.54) is 0 Å². The zero-order valence-electron chi connectivity index (χ0n) is 13.1. The summed E-state index contributed by atoms with van der Waals surface area (Å²) < 4.78 is 10.6. The summed E-state index contributed by atoms with van der Waals surface area (Å²) in [5.41, 5.74) is 2.25. The number of methoxy groups -OCH3 is 1. The minimum absolute atomic E-state index is 0.238. The lowest BCUT2D eigenvalue weighted by atomic mass is 9.95. The maximum atomic E-state index is 12.4. The molecule has 2 aromatic rings. The summed E-state index contributed by atoms with van der Waals surface area (Å²) >= 11 is 5.24. The van der Waals surface area contributed by atoms with Gasteiger partial charge in [-0.05, 0) is 31.5 Å². The first-order chi connectivity index (χ1) is 11.0. The fourth-order valence-electron chi connectivity index (χ4n) is 2.35.